The molecule has 1 aromatic carbocycles. The van der Waals surface area contributed by atoms with Crippen molar-refractivity contribution in [3.8, 4) is 5.75 Å². The fraction of sp³-hybridized carbons (Fsp3) is 0.600. The van der Waals surface area contributed by atoms with Crippen LogP contribution in [0.4, 0.5) is 0 Å². The Morgan fingerprint density at radius 1 is 0.855 bits per heavy atom. The summed E-state index contributed by atoms with van der Waals surface area (Å²) < 4.78 is 55.7. The van der Waals surface area contributed by atoms with E-state index in [9.17, 15) is 28.8 Å². The number of azide groups is 1. The first-order valence-electron chi connectivity index (χ1n) is 17.4. The summed E-state index contributed by atoms with van der Waals surface area (Å²) in [6, 6.07) is 4.54. The van der Waals surface area contributed by atoms with Crippen LogP contribution in [0.1, 0.15) is 56.7 Å². The Labute approximate surface area is 315 Å². The van der Waals surface area contributed by atoms with E-state index in [1.54, 1.807) is 6.07 Å². The summed E-state index contributed by atoms with van der Waals surface area (Å²) in [6.07, 6.45) is -5.53. The number of ether oxygens (including phenoxy) is 9. The number of fused-ring (bicyclic) bond motifs is 1. The van der Waals surface area contributed by atoms with Crippen molar-refractivity contribution in [1.29, 1.82) is 0 Å². The molecule has 55 heavy (non-hydrogen) atoms. The fourth-order valence-electron chi connectivity index (χ4n) is 5.36. The molecule has 1 amide bonds. The highest BCUT2D eigenvalue weighted by molar-refractivity contribution is 5.98. The van der Waals surface area contributed by atoms with Gasteiger partial charge in [-0.15, -0.1) is 0 Å². The number of hydrogen-bond donors (Lipinski definition) is 1. The Morgan fingerprint density at radius 3 is 2.13 bits per heavy atom. The molecule has 302 valence electrons. The number of benzene rings is 1. The Hall–Kier alpha value is -5.27. The summed E-state index contributed by atoms with van der Waals surface area (Å²) in [5.74, 6) is -2.69. The summed E-state index contributed by atoms with van der Waals surface area (Å²) in [7, 11) is 0. The number of hydrogen-bond acceptors (Lipinski definition) is 17. The third-order valence-electron chi connectivity index (χ3n) is 7.58. The standard InChI is InChI=1S/C35H46N4O16/c1-21(41)49-20-29-32(50-22(2)42)33(51-23(3)43)34(52-24(4)44)35(55-29)54-28-9-8-25(19-40)31-27(28)18-26(53-31)6-5-7-30(45)37-10-12-46-14-16-48-17-15-47-13-11-38-39-36/h8-9,18-19,29,32-35H,5-7,10-17,20H2,1-4H3,(H,37,45)/t29-,32+,33+,34-,35-/m1/s1. The van der Waals surface area contributed by atoms with Crippen LogP contribution in [0.15, 0.2) is 27.7 Å². The van der Waals surface area contributed by atoms with E-state index >= 15 is 0 Å². The van der Waals surface area contributed by atoms with Crippen LogP contribution in [0.25, 0.3) is 21.4 Å². The Bertz CT molecular complexity index is 1660. The zero-order chi connectivity index (χ0) is 40.2. The molecule has 3 rings (SSSR count). The summed E-state index contributed by atoms with van der Waals surface area (Å²) >= 11 is 0. The van der Waals surface area contributed by atoms with Crippen molar-refractivity contribution in [2.45, 2.75) is 77.7 Å². The van der Waals surface area contributed by atoms with Crippen LogP contribution in [0.5, 0.6) is 5.75 Å². The van der Waals surface area contributed by atoms with Crippen LogP contribution >= 0.6 is 0 Å². The van der Waals surface area contributed by atoms with Crippen molar-refractivity contribution < 1.29 is 75.8 Å². The predicted octanol–water partition coefficient (Wildman–Crippen LogP) is 2.51. The molecule has 1 N–H and O–H groups in total. The molecule has 0 unspecified atom stereocenters. The number of rotatable bonds is 24. The molecule has 0 bridgehead atoms. The van der Waals surface area contributed by atoms with Crippen molar-refractivity contribution in [1.82, 2.24) is 5.32 Å². The monoisotopic (exact) mass is 778 g/mol. The normalized spacial score (nSPS) is 19.1. The van der Waals surface area contributed by atoms with Crippen LogP contribution in [0.3, 0.4) is 0 Å². The van der Waals surface area contributed by atoms with E-state index in [1.807, 2.05) is 0 Å². The number of furan rings is 1. The van der Waals surface area contributed by atoms with Gasteiger partial charge in [0.2, 0.25) is 18.3 Å². The second-order valence-corrected chi connectivity index (χ2v) is 11.9. The molecule has 2 heterocycles. The topological polar surface area (TPSA) is 259 Å². The Kier molecular flexibility index (Phi) is 18.9. The molecule has 5 atom stereocenters. The maximum Gasteiger partial charge on any atom is 0.303 e. The lowest BCUT2D eigenvalue weighted by atomic mass is 9.98. The van der Waals surface area contributed by atoms with Gasteiger partial charge in [0.25, 0.3) is 0 Å². The first kappa shape index (κ1) is 44.1. The number of aryl methyl sites for hydroxylation is 1. The zero-order valence-corrected chi connectivity index (χ0v) is 31.1. The molecule has 1 aliphatic rings. The van der Waals surface area contributed by atoms with Crippen LogP contribution < -0.4 is 10.1 Å². The number of nitrogens with one attached hydrogen (secondary N) is 1. The van der Waals surface area contributed by atoms with Crippen LogP contribution in [-0.2, 0) is 68.3 Å². The number of carbonyl (C=O) groups is 6. The number of nitrogens with zero attached hydrogens (tertiary/aromatic N) is 3. The van der Waals surface area contributed by atoms with Crippen LogP contribution in [0.2, 0.25) is 0 Å². The average Bonchev–Trinajstić information content (AvgIpc) is 3.56. The minimum Gasteiger partial charge on any atom is -0.463 e. The number of esters is 4. The Morgan fingerprint density at radius 2 is 1.49 bits per heavy atom. The average molecular weight is 779 g/mol. The van der Waals surface area contributed by atoms with Crippen molar-refractivity contribution in [2.24, 2.45) is 5.11 Å². The van der Waals surface area contributed by atoms with Gasteiger partial charge in [-0.3, -0.25) is 28.8 Å². The summed E-state index contributed by atoms with van der Waals surface area (Å²) in [5.41, 5.74) is 8.58. The molecule has 1 fully saturated rings. The highest BCUT2D eigenvalue weighted by Gasteiger charge is 2.53. The van der Waals surface area contributed by atoms with Crippen molar-refractivity contribution >= 4 is 47.0 Å². The molecular weight excluding hydrogens is 732 g/mol. The van der Waals surface area contributed by atoms with Crippen LogP contribution in [0, 0.1) is 0 Å². The van der Waals surface area contributed by atoms with Crippen molar-refractivity contribution in [3.63, 3.8) is 0 Å². The number of carbonyl (C=O) groups excluding carboxylic acids is 6. The molecule has 1 aromatic heterocycles. The van der Waals surface area contributed by atoms with E-state index < -0.39 is 61.2 Å². The van der Waals surface area contributed by atoms with Crippen LogP contribution in [-0.4, -0.2) is 126 Å². The first-order chi connectivity index (χ1) is 26.4. The van der Waals surface area contributed by atoms with E-state index in [-0.39, 0.29) is 42.4 Å². The highest BCUT2D eigenvalue weighted by atomic mass is 16.7. The zero-order valence-electron chi connectivity index (χ0n) is 31.1. The second-order valence-electron chi connectivity index (χ2n) is 11.9. The first-order valence-corrected chi connectivity index (χ1v) is 17.4. The molecule has 20 nitrogen and oxygen atoms in total. The van der Waals surface area contributed by atoms with Gasteiger partial charge in [0.1, 0.15) is 29.8 Å². The van der Waals surface area contributed by atoms with Gasteiger partial charge in [0.15, 0.2) is 18.5 Å². The van der Waals surface area contributed by atoms with Gasteiger partial charge in [0.05, 0.1) is 50.6 Å². The fourth-order valence-corrected chi connectivity index (χ4v) is 5.36. The molecule has 1 aliphatic heterocycles. The second kappa shape index (κ2) is 23.5. The smallest absolute Gasteiger partial charge is 0.303 e. The molecule has 0 aliphatic carbocycles. The third-order valence-corrected chi connectivity index (χ3v) is 7.58. The minimum absolute atomic E-state index is 0.121. The number of aldehydes is 1. The molecule has 0 saturated carbocycles. The lowest BCUT2D eigenvalue weighted by Gasteiger charge is -2.43. The van der Waals surface area contributed by atoms with E-state index in [0.29, 0.717) is 69.9 Å². The molecule has 0 spiro atoms. The highest BCUT2D eigenvalue weighted by Crippen LogP contribution is 2.36. The predicted molar refractivity (Wildman–Crippen MR) is 187 cm³/mol. The summed E-state index contributed by atoms with van der Waals surface area (Å²) in [6.45, 7) is 6.64. The van der Waals surface area contributed by atoms with Gasteiger partial charge >= 0.3 is 23.9 Å². The largest absolute Gasteiger partial charge is 0.463 e. The summed E-state index contributed by atoms with van der Waals surface area (Å²) in [4.78, 5) is 75.1. The molecular formula is C35H46N4O16. The molecule has 0 radical (unpaired) electrons. The van der Waals surface area contributed by atoms with E-state index in [0.717, 1.165) is 27.7 Å². The van der Waals surface area contributed by atoms with E-state index in [4.69, 9.17) is 52.6 Å². The van der Waals surface area contributed by atoms with Crippen molar-refractivity contribution in [3.05, 3.63) is 40.0 Å². The van der Waals surface area contributed by atoms with Gasteiger partial charge in [0, 0.05) is 58.5 Å². The molecule has 2 aromatic rings. The summed E-state index contributed by atoms with van der Waals surface area (Å²) in [5, 5.41) is 6.48. The minimum atomic E-state index is -1.51. The lowest BCUT2D eigenvalue weighted by molar-refractivity contribution is -0.288. The van der Waals surface area contributed by atoms with Gasteiger partial charge in [-0.25, -0.2) is 0 Å². The van der Waals surface area contributed by atoms with Gasteiger partial charge in [-0.2, -0.15) is 0 Å². The van der Waals surface area contributed by atoms with Gasteiger partial charge in [-0.1, -0.05) is 5.11 Å². The molecule has 20 heteroatoms. The SMILES string of the molecule is CC(=O)OC[C@H]1O[C@@H](Oc2ccc(C=O)c3oc(CCCC(=O)NCCOCCOCCOCCN=[N+]=[N-])cc23)[C@H](OC(C)=O)[C@@H](OC(C)=O)[C@H]1OC(C)=O. The lowest BCUT2D eigenvalue weighted by Crippen LogP contribution is -2.63. The maximum atomic E-state index is 12.4. The third kappa shape index (κ3) is 15.2. The van der Waals surface area contributed by atoms with Crippen molar-refractivity contribution in [2.75, 3.05) is 59.3 Å². The van der Waals surface area contributed by atoms with Gasteiger partial charge < -0.3 is 52.4 Å². The number of amides is 1. The van der Waals surface area contributed by atoms with E-state index in [2.05, 4.69) is 15.3 Å². The maximum absolute atomic E-state index is 12.4. The quantitative estimate of drug-likeness (QED) is 0.0305. The van der Waals surface area contributed by atoms with Gasteiger partial charge in [-0.05, 0) is 30.2 Å². The van der Waals surface area contributed by atoms with E-state index in [1.165, 1.54) is 12.1 Å². The Balaban J connectivity index is 1.63. The molecule has 1 saturated heterocycles.